The molecule has 2 saturated heterocycles. The van der Waals surface area contributed by atoms with Crippen molar-refractivity contribution in [2.45, 2.75) is 63.5 Å². The average Bonchev–Trinajstić information content (AvgIpc) is 3.39. The van der Waals surface area contributed by atoms with Crippen LogP contribution >= 0.6 is 12.6 Å². The van der Waals surface area contributed by atoms with Crippen LogP contribution in [0.15, 0.2) is 0 Å². The van der Waals surface area contributed by atoms with Gasteiger partial charge in [-0.2, -0.15) is 12.6 Å². The molecule has 3 atom stereocenters. The van der Waals surface area contributed by atoms with Gasteiger partial charge in [0.1, 0.15) is 0 Å². The van der Waals surface area contributed by atoms with E-state index in [0.29, 0.717) is 17.5 Å². The third-order valence-electron chi connectivity index (χ3n) is 6.22. The molecule has 0 aromatic rings. The molecule has 0 bridgehead atoms. The molecular formula is C18H36N4S. The van der Waals surface area contributed by atoms with Crippen molar-refractivity contribution < 1.29 is 0 Å². The van der Waals surface area contributed by atoms with Crippen LogP contribution < -0.4 is 0 Å². The predicted octanol–water partition coefficient (Wildman–Crippen LogP) is 1.83. The Balaban J connectivity index is 1.49. The maximum absolute atomic E-state index is 4.66. The van der Waals surface area contributed by atoms with Gasteiger partial charge in [-0.1, -0.05) is 6.92 Å². The lowest BCUT2D eigenvalue weighted by Gasteiger charge is -2.45. The zero-order valence-electron chi connectivity index (χ0n) is 15.3. The van der Waals surface area contributed by atoms with E-state index in [9.17, 15) is 0 Å². The summed E-state index contributed by atoms with van der Waals surface area (Å²) in [5.74, 6) is 0. The summed E-state index contributed by atoms with van der Waals surface area (Å²) in [7, 11) is 0. The molecule has 5 heteroatoms. The molecule has 3 fully saturated rings. The van der Waals surface area contributed by atoms with E-state index in [1.807, 2.05) is 0 Å². The molecule has 3 unspecified atom stereocenters. The van der Waals surface area contributed by atoms with Gasteiger partial charge in [-0.25, -0.2) is 0 Å². The SMILES string of the molecule is CCN1CCN(C(C)S)CC1CC(C)N1CCN(C2CC2)CC1. The molecule has 23 heavy (non-hydrogen) atoms. The van der Waals surface area contributed by atoms with Crippen LogP contribution in [0.25, 0.3) is 0 Å². The molecule has 3 aliphatic rings. The highest BCUT2D eigenvalue weighted by atomic mass is 32.1. The van der Waals surface area contributed by atoms with E-state index < -0.39 is 0 Å². The largest absolute Gasteiger partial charge is 0.298 e. The minimum atomic E-state index is 0.383. The molecule has 1 aliphatic carbocycles. The smallest absolute Gasteiger partial charge is 0.0500 e. The Morgan fingerprint density at radius 2 is 1.61 bits per heavy atom. The molecule has 134 valence electrons. The first-order chi connectivity index (χ1) is 11.1. The average molecular weight is 341 g/mol. The van der Waals surface area contributed by atoms with Crippen molar-refractivity contribution in [3.63, 3.8) is 0 Å². The normalized spacial score (nSPS) is 32.1. The minimum Gasteiger partial charge on any atom is -0.298 e. The molecule has 3 rings (SSSR count). The summed E-state index contributed by atoms with van der Waals surface area (Å²) in [6.07, 6.45) is 4.19. The summed E-state index contributed by atoms with van der Waals surface area (Å²) in [4.78, 5) is 10.7. The zero-order chi connectivity index (χ0) is 16.4. The van der Waals surface area contributed by atoms with E-state index in [0.717, 1.165) is 6.04 Å². The van der Waals surface area contributed by atoms with Crippen molar-refractivity contribution in [3.8, 4) is 0 Å². The fourth-order valence-electron chi connectivity index (χ4n) is 4.42. The minimum absolute atomic E-state index is 0.383. The molecule has 0 amide bonds. The van der Waals surface area contributed by atoms with Crippen molar-refractivity contribution in [3.05, 3.63) is 0 Å². The van der Waals surface area contributed by atoms with Crippen molar-refractivity contribution >= 4 is 12.6 Å². The molecule has 0 radical (unpaired) electrons. The topological polar surface area (TPSA) is 13.0 Å². The van der Waals surface area contributed by atoms with E-state index in [2.05, 4.69) is 53.0 Å². The fourth-order valence-corrected chi connectivity index (χ4v) is 4.63. The van der Waals surface area contributed by atoms with Crippen LogP contribution in [-0.4, -0.2) is 95.5 Å². The molecule has 1 saturated carbocycles. The van der Waals surface area contributed by atoms with Crippen molar-refractivity contribution in [2.24, 2.45) is 0 Å². The number of likely N-dealkylation sites (N-methyl/N-ethyl adjacent to an activating group) is 1. The second kappa shape index (κ2) is 8.05. The summed E-state index contributed by atoms with van der Waals surface area (Å²) in [5, 5.41) is 0.383. The highest BCUT2D eigenvalue weighted by Gasteiger charge is 2.34. The van der Waals surface area contributed by atoms with Gasteiger partial charge in [0.2, 0.25) is 0 Å². The Hall–Kier alpha value is 0.190. The molecule has 0 N–H and O–H groups in total. The van der Waals surface area contributed by atoms with Crippen LogP contribution in [0.4, 0.5) is 0 Å². The zero-order valence-corrected chi connectivity index (χ0v) is 16.2. The van der Waals surface area contributed by atoms with E-state index in [1.54, 1.807) is 0 Å². The molecule has 4 nitrogen and oxygen atoms in total. The van der Waals surface area contributed by atoms with Gasteiger partial charge in [-0.3, -0.25) is 19.6 Å². The third-order valence-corrected chi connectivity index (χ3v) is 6.55. The Kier molecular flexibility index (Phi) is 6.30. The highest BCUT2D eigenvalue weighted by molar-refractivity contribution is 7.80. The number of hydrogen-bond donors (Lipinski definition) is 1. The Labute approximate surface area is 148 Å². The maximum atomic E-state index is 4.66. The van der Waals surface area contributed by atoms with Crippen molar-refractivity contribution in [2.75, 3.05) is 52.4 Å². The van der Waals surface area contributed by atoms with Crippen LogP contribution in [0.1, 0.15) is 40.0 Å². The van der Waals surface area contributed by atoms with Gasteiger partial charge in [0.25, 0.3) is 0 Å². The first-order valence-electron chi connectivity index (χ1n) is 9.72. The van der Waals surface area contributed by atoms with E-state index >= 15 is 0 Å². The summed E-state index contributed by atoms with van der Waals surface area (Å²) >= 11 is 4.66. The third kappa shape index (κ3) is 4.63. The molecule has 2 heterocycles. The number of nitrogens with zero attached hydrogens (tertiary/aromatic N) is 4. The summed E-state index contributed by atoms with van der Waals surface area (Å²) in [6, 6.07) is 2.33. The number of thiol groups is 1. The van der Waals surface area contributed by atoms with Gasteiger partial charge in [-0.15, -0.1) is 0 Å². The van der Waals surface area contributed by atoms with Crippen LogP contribution in [0, 0.1) is 0 Å². The molecule has 0 aromatic heterocycles. The Bertz CT molecular complexity index is 366. The van der Waals surface area contributed by atoms with Crippen LogP contribution in [0.3, 0.4) is 0 Å². The van der Waals surface area contributed by atoms with Crippen molar-refractivity contribution in [1.29, 1.82) is 0 Å². The Morgan fingerprint density at radius 1 is 0.957 bits per heavy atom. The lowest BCUT2D eigenvalue weighted by molar-refractivity contribution is 0.0387. The lowest BCUT2D eigenvalue weighted by Crippen LogP contribution is -2.57. The molecule has 0 spiro atoms. The van der Waals surface area contributed by atoms with Gasteiger partial charge < -0.3 is 0 Å². The predicted molar refractivity (Wildman–Crippen MR) is 101 cm³/mol. The van der Waals surface area contributed by atoms with E-state index in [4.69, 9.17) is 0 Å². The van der Waals surface area contributed by atoms with Gasteiger partial charge in [0.15, 0.2) is 0 Å². The second-order valence-corrected chi connectivity index (χ2v) is 8.54. The number of rotatable bonds is 6. The Morgan fingerprint density at radius 3 is 2.17 bits per heavy atom. The standard InChI is InChI=1S/C18H36N4S/c1-4-19-7-12-22(16(3)23)14-18(19)13-15(2)20-8-10-21(11-9-20)17-5-6-17/h15-18,23H,4-14H2,1-3H3. The van der Waals surface area contributed by atoms with E-state index in [1.165, 1.54) is 71.6 Å². The van der Waals surface area contributed by atoms with E-state index in [-0.39, 0.29) is 0 Å². The van der Waals surface area contributed by atoms with Gasteiger partial charge in [-0.05, 0) is 39.7 Å². The van der Waals surface area contributed by atoms with Crippen LogP contribution in [0.2, 0.25) is 0 Å². The summed E-state index contributed by atoms with van der Waals surface area (Å²) in [5.41, 5.74) is 0. The van der Waals surface area contributed by atoms with Crippen LogP contribution in [-0.2, 0) is 0 Å². The summed E-state index contributed by atoms with van der Waals surface area (Å²) in [6.45, 7) is 16.8. The quantitative estimate of drug-likeness (QED) is 0.741. The highest BCUT2D eigenvalue weighted by Crippen LogP contribution is 2.28. The van der Waals surface area contributed by atoms with Crippen LogP contribution in [0.5, 0.6) is 0 Å². The molecular weight excluding hydrogens is 304 g/mol. The van der Waals surface area contributed by atoms with Crippen molar-refractivity contribution in [1.82, 2.24) is 19.6 Å². The van der Waals surface area contributed by atoms with Gasteiger partial charge >= 0.3 is 0 Å². The second-order valence-electron chi connectivity index (χ2n) is 7.80. The molecule has 2 aliphatic heterocycles. The first-order valence-corrected chi connectivity index (χ1v) is 10.2. The maximum Gasteiger partial charge on any atom is 0.0500 e. The van der Waals surface area contributed by atoms with Gasteiger partial charge in [0, 0.05) is 69.3 Å². The van der Waals surface area contributed by atoms with Gasteiger partial charge in [0.05, 0.1) is 0 Å². The molecule has 0 aromatic carbocycles. The summed E-state index contributed by atoms with van der Waals surface area (Å²) < 4.78 is 0. The fraction of sp³-hybridized carbons (Fsp3) is 1.00. The monoisotopic (exact) mass is 340 g/mol. The number of hydrogen-bond acceptors (Lipinski definition) is 5. The first kappa shape index (κ1) is 18.0. The number of piperazine rings is 2. The lowest BCUT2D eigenvalue weighted by atomic mass is 10.0.